The predicted octanol–water partition coefficient (Wildman–Crippen LogP) is 5.26. The van der Waals surface area contributed by atoms with E-state index >= 15 is 0 Å². The van der Waals surface area contributed by atoms with Crippen LogP contribution in [0.3, 0.4) is 0 Å². The topological polar surface area (TPSA) is 26.0 Å². The lowest BCUT2D eigenvalue weighted by atomic mass is 9.93. The largest absolute Gasteiger partial charge is 0.330 e. The normalized spacial score (nSPS) is 12.5. The molecule has 0 aromatic heterocycles. The van der Waals surface area contributed by atoms with E-state index in [1.807, 2.05) is 0 Å². The van der Waals surface area contributed by atoms with Gasteiger partial charge in [-0.1, -0.05) is 88.6 Å². The molecule has 0 radical (unpaired) electrons. The van der Waals surface area contributed by atoms with Crippen molar-refractivity contribution in [3.05, 3.63) is 35.9 Å². The van der Waals surface area contributed by atoms with E-state index in [0.717, 1.165) is 6.54 Å². The van der Waals surface area contributed by atoms with Gasteiger partial charge in [-0.25, -0.2) is 0 Å². The first kappa shape index (κ1) is 16.2. The quantitative estimate of drug-likeness (QED) is 0.540. The lowest BCUT2D eigenvalue weighted by Gasteiger charge is -2.14. The first-order valence-corrected chi connectivity index (χ1v) is 8.13. The zero-order valence-corrected chi connectivity index (χ0v) is 12.6. The summed E-state index contributed by atoms with van der Waals surface area (Å²) in [6.45, 7) is 3.05. The standard InChI is InChI=1S/C18H31N/c1-2-3-4-5-6-7-8-10-15-18(16-19)17-13-11-9-12-14-17/h9,11-14,18H,2-8,10,15-16,19H2,1H3. The summed E-state index contributed by atoms with van der Waals surface area (Å²) in [5, 5.41) is 0. The third-order valence-corrected chi connectivity index (χ3v) is 3.96. The van der Waals surface area contributed by atoms with Gasteiger partial charge >= 0.3 is 0 Å². The molecular formula is C18H31N. The molecule has 1 aromatic carbocycles. The van der Waals surface area contributed by atoms with Crippen LogP contribution in [0.25, 0.3) is 0 Å². The Kier molecular flexibility index (Phi) is 9.44. The molecule has 0 bridgehead atoms. The summed E-state index contributed by atoms with van der Waals surface area (Å²) < 4.78 is 0. The molecule has 0 spiro atoms. The highest BCUT2D eigenvalue weighted by Crippen LogP contribution is 2.21. The summed E-state index contributed by atoms with van der Waals surface area (Å²) in [5.41, 5.74) is 7.31. The van der Waals surface area contributed by atoms with E-state index in [0.29, 0.717) is 5.92 Å². The highest BCUT2D eigenvalue weighted by Gasteiger charge is 2.08. The Bertz CT molecular complexity index is 294. The molecular weight excluding hydrogens is 230 g/mol. The maximum Gasteiger partial charge on any atom is -0.000824 e. The highest BCUT2D eigenvalue weighted by atomic mass is 14.5. The van der Waals surface area contributed by atoms with Crippen molar-refractivity contribution in [2.75, 3.05) is 6.54 Å². The summed E-state index contributed by atoms with van der Waals surface area (Å²) in [5.74, 6) is 0.557. The fourth-order valence-corrected chi connectivity index (χ4v) is 2.67. The van der Waals surface area contributed by atoms with Gasteiger partial charge in [0.1, 0.15) is 0 Å². The van der Waals surface area contributed by atoms with Gasteiger partial charge in [0.15, 0.2) is 0 Å². The number of unbranched alkanes of at least 4 members (excludes halogenated alkanes) is 7. The van der Waals surface area contributed by atoms with Crippen molar-refractivity contribution in [2.45, 2.75) is 70.6 Å². The van der Waals surface area contributed by atoms with Gasteiger partial charge in [0.2, 0.25) is 0 Å². The minimum absolute atomic E-state index is 0.557. The molecule has 0 aliphatic rings. The summed E-state index contributed by atoms with van der Waals surface area (Å²) in [4.78, 5) is 0. The van der Waals surface area contributed by atoms with Crippen molar-refractivity contribution in [2.24, 2.45) is 5.73 Å². The Hall–Kier alpha value is -0.820. The smallest absolute Gasteiger partial charge is 0.000824 e. The van der Waals surface area contributed by atoms with Gasteiger partial charge in [0.05, 0.1) is 0 Å². The minimum atomic E-state index is 0.557. The minimum Gasteiger partial charge on any atom is -0.330 e. The molecule has 2 N–H and O–H groups in total. The molecule has 0 fully saturated rings. The molecule has 0 heterocycles. The molecule has 0 saturated carbocycles. The van der Waals surface area contributed by atoms with Crippen LogP contribution < -0.4 is 5.73 Å². The van der Waals surface area contributed by atoms with E-state index in [1.54, 1.807) is 0 Å². The van der Waals surface area contributed by atoms with Crippen LogP contribution in [0.4, 0.5) is 0 Å². The number of benzene rings is 1. The molecule has 1 atom stereocenters. The van der Waals surface area contributed by atoms with Gasteiger partial charge in [-0.3, -0.25) is 0 Å². The van der Waals surface area contributed by atoms with Crippen LogP contribution in [0.15, 0.2) is 30.3 Å². The summed E-state index contributed by atoms with van der Waals surface area (Å²) >= 11 is 0. The van der Waals surface area contributed by atoms with E-state index in [9.17, 15) is 0 Å². The second-order valence-corrected chi connectivity index (χ2v) is 5.61. The summed E-state index contributed by atoms with van der Waals surface area (Å²) in [6.07, 6.45) is 12.3. The average Bonchev–Trinajstić information content (AvgIpc) is 2.47. The van der Waals surface area contributed by atoms with Crippen LogP contribution in [0.2, 0.25) is 0 Å². The van der Waals surface area contributed by atoms with Gasteiger partial charge in [0, 0.05) is 0 Å². The Morgan fingerprint density at radius 3 is 2.00 bits per heavy atom. The second kappa shape index (κ2) is 11.0. The van der Waals surface area contributed by atoms with E-state index < -0.39 is 0 Å². The van der Waals surface area contributed by atoms with Crippen molar-refractivity contribution in [1.29, 1.82) is 0 Å². The average molecular weight is 261 g/mol. The lowest BCUT2D eigenvalue weighted by molar-refractivity contribution is 0.532. The fraction of sp³-hybridized carbons (Fsp3) is 0.667. The monoisotopic (exact) mass is 261 g/mol. The molecule has 0 aliphatic heterocycles. The molecule has 1 aromatic rings. The van der Waals surface area contributed by atoms with Crippen molar-refractivity contribution in [3.8, 4) is 0 Å². The van der Waals surface area contributed by atoms with Crippen LogP contribution in [-0.2, 0) is 0 Å². The number of rotatable bonds is 11. The zero-order valence-electron chi connectivity index (χ0n) is 12.6. The van der Waals surface area contributed by atoms with E-state index in [2.05, 4.69) is 37.3 Å². The molecule has 1 rings (SSSR count). The fourth-order valence-electron chi connectivity index (χ4n) is 2.67. The van der Waals surface area contributed by atoms with Crippen molar-refractivity contribution in [3.63, 3.8) is 0 Å². The molecule has 19 heavy (non-hydrogen) atoms. The van der Waals surface area contributed by atoms with Gasteiger partial charge < -0.3 is 5.73 Å². The van der Waals surface area contributed by atoms with Crippen molar-refractivity contribution >= 4 is 0 Å². The van der Waals surface area contributed by atoms with Gasteiger partial charge in [-0.15, -0.1) is 0 Å². The van der Waals surface area contributed by atoms with Gasteiger partial charge in [0.25, 0.3) is 0 Å². The Morgan fingerprint density at radius 2 is 1.42 bits per heavy atom. The zero-order chi connectivity index (χ0) is 13.8. The second-order valence-electron chi connectivity index (χ2n) is 5.61. The van der Waals surface area contributed by atoms with E-state index in [4.69, 9.17) is 5.73 Å². The maximum absolute atomic E-state index is 5.90. The van der Waals surface area contributed by atoms with Crippen LogP contribution in [-0.4, -0.2) is 6.54 Å². The van der Waals surface area contributed by atoms with E-state index in [-0.39, 0.29) is 0 Å². The molecule has 0 aliphatic carbocycles. The highest BCUT2D eigenvalue weighted by molar-refractivity contribution is 5.19. The van der Waals surface area contributed by atoms with E-state index in [1.165, 1.54) is 63.4 Å². The number of hydrogen-bond acceptors (Lipinski definition) is 1. The molecule has 108 valence electrons. The Morgan fingerprint density at radius 1 is 0.842 bits per heavy atom. The summed E-state index contributed by atoms with van der Waals surface area (Å²) in [7, 11) is 0. The van der Waals surface area contributed by atoms with Gasteiger partial charge in [-0.05, 0) is 24.4 Å². The van der Waals surface area contributed by atoms with Gasteiger partial charge in [-0.2, -0.15) is 0 Å². The Labute approximate surface area is 119 Å². The van der Waals surface area contributed by atoms with Crippen LogP contribution in [0.5, 0.6) is 0 Å². The third-order valence-electron chi connectivity index (χ3n) is 3.96. The molecule has 0 amide bonds. The molecule has 1 nitrogen and oxygen atoms in total. The van der Waals surface area contributed by atoms with Crippen molar-refractivity contribution in [1.82, 2.24) is 0 Å². The van der Waals surface area contributed by atoms with Crippen molar-refractivity contribution < 1.29 is 0 Å². The Balaban J connectivity index is 2.07. The number of hydrogen-bond donors (Lipinski definition) is 1. The third kappa shape index (κ3) is 7.37. The van der Waals surface area contributed by atoms with Crippen LogP contribution >= 0.6 is 0 Å². The van der Waals surface area contributed by atoms with Crippen LogP contribution in [0.1, 0.15) is 76.2 Å². The first-order valence-electron chi connectivity index (χ1n) is 8.13. The first-order chi connectivity index (χ1) is 9.38. The van der Waals surface area contributed by atoms with Crippen LogP contribution in [0, 0.1) is 0 Å². The maximum atomic E-state index is 5.90. The molecule has 0 saturated heterocycles. The molecule has 1 heteroatoms. The number of nitrogens with two attached hydrogens (primary N) is 1. The summed E-state index contributed by atoms with van der Waals surface area (Å²) in [6, 6.07) is 10.7. The lowest BCUT2D eigenvalue weighted by Crippen LogP contribution is -2.12. The SMILES string of the molecule is CCCCCCCCCCC(CN)c1ccccc1. The molecule has 1 unspecified atom stereocenters. The predicted molar refractivity (Wildman–Crippen MR) is 85.5 cm³/mol.